The van der Waals surface area contributed by atoms with Crippen LogP contribution in [-0.4, -0.2) is 15.0 Å². The van der Waals surface area contributed by atoms with Crippen molar-refractivity contribution in [2.45, 2.75) is 0 Å². The van der Waals surface area contributed by atoms with Crippen LogP contribution in [0.1, 0.15) is 0 Å². The first-order valence-corrected chi connectivity index (χ1v) is 6.71. The van der Waals surface area contributed by atoms with Gasteiger partial charge < -0.3 is 0 Å². The van der Waals surface area contributed by atoms with E-state index in [0.29, 0.717) is 11.4 Å². The summed E-state index contributed by atoms with van der Waals surface area (Å²) in [6, 6.07) is 3.32. The lowest BCUT2D eigenvalue weighted by Crippen LogP contribution is -1.93. The van der Waals surface area contributed by atoms with Crippen LogP contribution in [0.4, 0.5) is 4.39 Å². The smallest absolute Gasteiger partial charge is 0.162 e. The minimum absolute atomic E-state index is 0.383. The van der Waals surface area contributed by atoms with Crippen LogP contribution in [0.5, 0.6) is 0 Å². The highest BCUT2D eigenvalue weighted by Gasteiger charge is 2.09. The molecule has 3 rings (SSSR count). The first-order valence-electron chi connectivity index (χ1n) is 4.76. The molecule has 0 bridgehead atoms. The molecule has 0 aliphatic rings. The zero-order valence-electron chi connectivity index (χ0n) is 8.39. The SMILES string of the molecule is Fc1cncc(-c2nc(I)c3sccc3n2)c1. The van der Waals surface area contributed by atoms with Gasteiger partial charge in [-0.15, -0.1) is 11.3 Å². The fourth-order valence-electron chi connectivity index (χ4n) is 1.49. The summed E-state index contributed by atoms with van der Waals surface area (Å²) in [5.41, 5.74) is 1.48. The number of fused-ring (bicyclic) bond motifs is 1. The van der Waals surface area contributed by atoms with Crippen molar-refractivity contribution < 1.29 is 4.39 Å². The first-order chi connectivity index (χ1) is 8.24. The lowest BCUT2D eigenvalue weighted by atomic mass is 10.2. The summed E-state index contributed by atoms with van der Waals surface area (Å²) in [7, 11) is 0. The van der Waals surface area contributed by atoms with Gasteiger partial charge >= 0.3 is 0 Å². The Labute approximate surface area is 114 Å². The summed E-state index contributed by atoms with van der Waals surface area (Å²) >= 11 is 3.76. The largest absolute Gasteiger partial charge is 0.261 e. The topological polar surface area (TPSA) is 38.7 Å². The number of hydrogen-bond acceptors (Lipinski definition) is 4. The van der Waals surface area contributed by atoms with Gasteiger partial charge in [0.25, 0.3) is 0 Å². The van der Waals surface area contributed by atoms with Crippen LogP contribution in [-0.2, 0) is 0 Å². The molecule has 0 amide bonds. The fourth-order valence-corrected chi connectivity index (χ4v) is 3.09. The lowest BCUT2D eigenvalue weighted by molar-refractivity contribution is 0.622. The van der Waals surface area contributed by atoms with E-state index in [1.165, 1.54) is 6.07 Å². The molecule has 0 saturated heterocycles. The van der Waals surface area contributed by atoms with Crippen LogP contribution in [0, 0.1) is 9.52 Å². The number of rotatable bonds is 1. The summed E-state index contributed by atoms with van der Waals surface area (Å²) in [6.45, 7) is 0. The molecule has 0 aliphatic heterocycles. The van der Waals surface area contributed by atoms with Gasteiger partial charge in [-0.1, -0.05) is 0 Å². The molecule has 0 aromatic carbocycles. The van der Waals surface area contributed by atoms with Crippen molar-refractivity contribution in [3.05, 3.63) is 39.4 Å². The zero-order valence-corrected chi connectivity index (χ0v) is 11.4. The maximum atomic E-state index is 13.1. The third-order valence-corrected chi connectivity index (χ3v) is 4.28. The normalized spacial score (nSPS) is 10.9. The molecule has 0 spiro atoms. The van der Waals surface area contributed by atoms with E-state index in [9.17, 15) is 4.39 Å². The minimum atomic E-state index is -0.383. The van der Waals surface area contributed by atoms with E-state index in [0.717, 1.165) is 20.1 Å². The molecule has 0 N–H and O–H groups in total. The van der Waals surface area contributed by atoms with Gasteiger partial charge in [-0.2, -0.15) is 0 Å². The van der Waals surface area contributed by atoms with Gasteiger partial charge in [0, 0.05) is 11.8 Å². The highest BCUT2D eigenvalue weighted by molar-refractivity contribution is 14.1. The van der Waals surface area contributed by atoms with Gasteiger partial charge in [0.05, 0.1) is 16.4 Å². The van der Waals surface area contributed by atoms with Crippen LogP contribution >= 0.6 is 33.9 Å². The highest BCUT2D eigenvalue weighted by atomic mass is 127. The van der Waals surface area contributed by atoms with Crippen molar-refractivity contribution in [1.82, 2.24) is 15.0 Å². The molecule has 84 valence electrons. The van der Waals surface area contributed by atoms with E-state index in [4.69, 9.17) is 0 Å². The van der Waals surface area contributed by atoms with Crippen LogP contribution in [0.2, 0.25) is 0 Å². The second-order valence-electron chi connectivity index (χ2n) is 3.36. The Balaban J connectivity index is 2.23. The van der Waals surface area contributed by atoms with Gasteiger partial charge in [0.2, 0.25) is 0 Å². The lowest BCUT2D eigenvalue weighted by Gasteiger charge is -2.01. The van der Waals surface area contributed by atoms with Gasteiger partial charge in [-0.25, -0.2) is 14.4 Å². The van der Waals surface area contributed by atoms with Crippen molar-refractivity contribution in [2.75, 3.05) is 0 Å². The van der Waals surface area contributed by atoms with E-state index in [1.807, 2.05) is 11.4 Å². The second-order valence-corrected chi connectivity index (χ2v) is 5.30. The Morgan fingerprint density at radius 1 is 1.24 bits per heavy atom. The predicted molar refractivity (Wildman–Crippen MR) is 73.3 cm³/mol. The van der Waals surface area contributed by atoms with Gasteiger partial charge in [0.15, 0.2) is 5.82 Å². The van der Waals surface area contributed by atoms with E-state index in [2.05, 4.69) is 37.5 Å². The van der Waals surface area contributed by atoms with Gasteiger partial charge in [-0.3, -0.25) is 4.98 Å². The molecule has 0 atom stereocenters. The van der Waals surface area contributed by atoms with Gasteiger partial charge in [0.1, 0.15) is 9.52 Å². The molecule has 0 radical (unpaired) electrons. The van der Waals surface area contributed by atoms with E-state index in [1.54, 1.807) is 17.5 Å². The van der Waals surface area contributed by atoms with Crippen molar-refractivity contribution in [3.8, 4) is 11.4 Å². The Hall–Kier alpha value is -1.15. The molecule has 0 aliphatic carbocycles. The molecule has 0 fully saturated rings. The van der Waals surface area contributed by atoms with Crippen LogP contribution < -0.4 is 0 Å². The maximum absolute atomic E-state index is 13.1. The number of pyridine rings is 1. The fraction of sp³-hybridized carbons (Fsp3) is 0. The summed E-state index contributed by atoms with van der Waals surface area (Å²) in [4.78, 5) is 12.6. The highest BCUT2D eigenvalue weighted by Crippen LogP contribution is 2.26. The first kappa shape index (κ1) is 11.0. The average Bonchev–Trinajstić information content (AvgIpc) is 2.77. The van der Waals surface area contributed by atoms with E-state index < -0.39 is 0 Å². The standard InChI is InChI=1S/C11H5FIN3S/c12-7-3-6(4-14-5-7)11-15-8-1-2-17-9(8)10(13)16-11/h1-5H. The number of thiophene rings is 1. The Morgan fingerprint density at radius 2 is 2.12 bits per heavy atom. The zero-order chi connectivity index (χ0) is 11.8. The molecular weight excluding hydrogens is 352 g/mol. The Morgan fingerprint density at radius 3 is 2.94 bits per heavy atom. The van der Waals surface area contributed by atoms with Crippen molar-refractivity contribution in [2.24, 2.45) is 0 Å². The van der Waals surface area contributed by atoms with Crippen LogP contribution in [0.15, 0.2) is 29.9 Å². The summed E-state index contributed by atoms with van der Waals surface area (Å²) in [5.74, 6) is 0.124. The molecule has 3 heterocycles. The Kier molecular flexibility index (Phi) is 2.75. The van der Waals surface area contributed by atoms with E-state index in [-0.39, 0.29) is 5.82 Å². The summed E-state index contributed by atoms with van der Waals surface area (Å²) in [6.07, 6.45) is 2.73. The molecule has 3 aromatic heterocycles. The van der Waals surface area contributed by atoms with Crippen molar-refractivity contribution in [1.29, 1.82) is 0 Å². The second kappa shape index (κ2) is 4.26. The van der Waals surface area contributed by atoms with Crippen LogP contribution in [0.25, 0.3) is 21.6 Å². The number of nitrogens with zero attached hydrogens (tertiary/aromatic N) is 3. The monoisotopic (exact) mass is 357 g/mol. The maximum Gasteiger partial charge on any atom is 0.162 e. The molecule has 6 heteroatoms. The van der Waals surface area contributed by atoms with Crippen molar-refractivity contribution >= 4 is 44.1 Å². The summed E-state index contributed by atoms with van der Waals surface area (Å²) < 4.78 is 15.0. The van der Waals surface area contributed by atoms with Crippen molar-refractivity contribution in [3.63, 3.8) is 0 Å². The van der Waals surface area contributed by atoms with E-state index >= 15 is 0 Å². The molecular formula is C11H5FIN3S. The number of hydrogen-bond donors (Lipinski definition) is 0. The molecule has 3 nitrogen and oxygen atoms in total. The quantitative estimate of drug-likeness (QED) is 0.494. The minimum Gasteiger partial charge on any atom is -0.261 e. The molecule has 3 aromatic rings. The molecule has 0 saturated carbocycles. The summed E-state index contributed by atoms with van der Waals surface area (Å²) in [5, 5.41) is 1.97. The third-order valence-electron chi connectivity index (χ3n) is 2.23. The Bertz CT molecular complexity index is 698. The third kappa shape index (κ3) is 2.02. The average molecular weight is 357 g/mol. The van der Waals surface area contributed by atoms with Gasteiger partial charge in [-0.05, 0) is 40.1 Å². The molecule has 17 heavy (non-hydrogen) atoms. The predicted octanol–water partition coefficient (Wildman–Crippen LogP) is 3.50. The molecule has 0 unspecified atom stereocenters. The number of aromatic nitrogens is 3. The number of halogens is 2. The van der Waals surface area contributed by atoms with Crippen LogP contribution in [0.3, 0.4) is 0 Å².